The predicted octanol–water partition coefficient (Wildman–Crippen LogP) is 3.00. The van der Waals surface area contributed by atoms with E-state index in [0.29, 0.717) is 5.75 Å². The molecule has 0 amide bonds. The zero-order valence-corrected chi connectivity index (χ0v) is 9.26. The average molecular weight is 216 g/mol. The third-order valence-electron chi connectivity index (χ3n) is 2.17. The Morgan fingerprint density at radius 1 is 1.43 bits per heavy atom. The van der Waals surface area contributed by atoms with Gasteiger partial charge < -0.3 is 10.8 Å². The summed E-state index contributed by atoms with van der Waals surface area (Å²) in [7, 11) is 0. The summed E-state index contributed by atoms with van der Waals surface area (Å²) in [6, 6.07) is 7.25. The van der Waals surface area contributed by atoms with Gasteiger partial charge >= 0.3 is 0 Å². The summed E-state index contributed by atoms with van der Waals surface area (Å²) in [5.74, 6) is 0.296. The first-order valence-electron chi connectivity index (χ1n) is 4.78. The molecule has 0 unspecified atom stereocenters. The van der Waals surface area contributed by atoms with Crippen LogP contribution in [-0.2, 0) is 0 Å². The minimum atomic E-state index is 0. The molecule has 0 aliphatic rings. The van der Waals surface area contributed by atoms with Gasteiger partial charge in [-0.3, -0.25) is 0 Å². The Bertz CT molecular complexity index is 265. The van der Waals surface area contributed by atoms with Crippen molar-refractivity contribution < 1.29 is 5.11 Å². The van der Waals surface area contributed by atoms with E-state index in [0.717, 1.165) is 24.8 Å². The number of unbranched alkanes of at least 4 members (excludes halogenated alkanes) is 1. The molecule has 0 fully saturated rings. The summed E-state index contributed by atoms with van der Waals surface area (Å²) >= 11 is 0. The number of aromatic hydroxyl groups is 1. The maximum Gasteiger partial charge on any atom is 0.115 e. The lowest BCUT2D eigenvalue weighted by Gasteiger charge is -2.11. The van der Waals surface area contributed by atoms with Crippen LogP contribution in [0.1, 0.15) is 37.8 Å². The number of benzene rings is 1. The number of hydrogen-bond donors (Lipinski definition) is 2. The van der Waals surface area contributed by atoms with Crippen molar-refractivity contribution in [3.63, 3.8) is 0 Å². The van der Waals surface area contributed by atoms with E-state index < -0.39 is 0 Å². The standard InChI is InChI=1S/C11H17NO.ClH/c1-2-3-7-11(12)9-5-4-6-10(13)8-9;/h4-6,8,11,13H,2-3,7,12H2,1H3;1H/t11-;/m1./s1. The van der Waals surface area contributed by atoms with Crippen LogP contribution < -0.4 is 5.73 Å². The number of halogens is 1. The van der Waals surface area contributed by atoms with Crippen LogP contribution in [0.2, 0.25) is 0 Å². The van der Waals surface area contributed by atoms with Crippen LogP contribution in [0.4, 0.5) is 0 Å². The second-order valence-corrected chi connectivity index (χ2v) is 3.34. The summed E-state index contributed by atoms with van der Waals surface area (Å²) in [4.78, 5) is 0. The van der Waals surface area contributed by atoms with E-state index in [-0.39, 0.29) is 18.4 Å². The quantitative estimate of drug-likeness (QED) is 0.811. The zero-order chi connectivity index (χ0) is 9.68. The summed E-state index contributed by atoms with van der Waals surface area (Å²) in [5.41, 5.74) is 6.96. The highest BCUT2D eigenvalue weighted by molar-refractivity contribution is 5.85. The third kappa shape index (κ3) is 3.99. The van der Waals surface area contributed by atoms with Crippen molar-refractivity contribution in [1.29, 1.82) is 0 Å². The van der Waals surface area contributed by atoms with E-state index in [1.165, 1.54) is 0 Å². The molecular weight excluding hydrogens is 198 g/mol. The van der Waals surface area contributed by atoms with E-state index in [1.807, 2.05) is 12.1 Å². The first-order valence-corrected chi connectivity index (χ1v) is 4.78. The van der Waals surface area contributed by atoms with Crippen LogP contribution in [-0.4, -0.2) is 5.11 Å². The molecule has 1 aromatic rings. The predicted molar refractivity (Wildman–Crippen MR) is 61.8 cm³/mol. The fourth-order valence-electron chi connectivity index (χ4n) is 1.35. The average Bonchev–Trinajstić information content (AvgIpc) is 2.14. The number of phenolic OH excluding ortho intramolecular Hbond substituents is 1. The Morgan fingerprint density at radius 3 is 2.71 bits per heavy atom. The molecule has 3 N–H and O–H groups in total. The topological polar surface area (TPSA) is 46.2 Å². The molecule has 80 valence electrons. The Kier molecular flexibility index (Phi) is 6.34. The van der Waals surface area contributed by atoms with Gasteiger partial charge in [0.1, 0.15) is 5.75 Å². The lowest BCUT2D eigenvalue weighted by atomic mass is 10.0. The molecule has 0 aliphatic heterocycles. The SMILES string of the molecule is CCCC[C@@H](N)c1cccc(O)c1.Cl. The molecule has 2 nitrogen and oxygen atoms in total. The molecule has 0 aromatic heterocycles. The summed E-state index contributed by atoms with van der Waals surface area (Å²) in [6.07, 6.45) is 3.28. The fraction of sp³-hybridized carbons (Fsp3) is 0.455. The highest BCUT2D eigenvalue weighted by atomic mass is 35.5. The molecule has 14 heavy (non-hydrogen) atoms. The Labute approximate surface area is 91.5 Å². The molecule has 1 rings (SSSR count). The Morgan fingerprint density at radius 2 is 2.14 bits per heavy atom. The van der Waals surface area contributed by atoms with Gasteiger partial charge in [-0.1, -0.05) is 31.9 Å². The maximum absolute atomic E-state index is 9.23. The lowest BCUT2D eigenvalue weighted by molar-refractivity contribution is 0.473. The van der Waals surface area contributed by atoms with Gasteiger partial charge in [0, 0.05) is 6.04 Å². The van der Waals surface area contributed by atoms with Crippen LogP contribution in [0.5, 0.6) is 5.75 Å². The molecule has 1 aromatic carbocycles. The number of nitrogens with two attached hydrogens (primary N) is 1. The van der Waals surface area contributed by atoms with Crippen molar-refractivity contribution in [2.75, 3.05) is 0 Å². The molecule has 0 bridgehead atoms. The molecule has 0 spiro atoms. The smallest absolute Gasteiger partial charge is 0.115 e. The van der Waals surface area contributed by atoms with Crippen LogP contribution in [0.3, 0.4) is 0 Å². The van der Waals surface area contributed by atoms with Crippen LogP contribution >= 0.6 is 12.4 Å². The highest BCUT2D eigenvalue weighted by Crippen LogP contribution is 2.20. The van der Waals surface area contributed by atoms with Crippen molar-refractivity contribution in [2.24, 2.45) is 5.73 Å². The summed E-state index contributed by atoms with van der Waals surface area (Å²) in [5, 5.41) is 9.23. The Balaban J connectivity index is 0.00000169. The van der Waals surface area contributed by atoms with Crippen molar-refractivity contribution in [3.8, 4) is 5.75 Å². The van der Waals surface area contributed by atoms with Crippen molar-refractivity contribution in [1.82, 2.24) is 0 Å². The van der Waals surface area contributed by atoms with Gasteiger partial charge in [0.05, 0.1) is 0 Å². The normalized spacial score (nSPS) is 11.9. The minimum absolute atomic E-state index is 0. The molecule has 0 saturated heterocycles. The number of hydrogen-bond acceptors (Lipinski definition) is 2. The number of rotatable bonds is 4. The first kappa shape index (κ1) is 13.3. The third-order valence-corrected chi connectivity index (χ3v) is 2.17. The van der Waals surface area contributed by atoms with Gasteiger partial charge in [-0.05, 0) is 24.1 Å². The van der Waals surface area contributed by atoms with Gasteiger partial charge in [-0.2, -0.15) is 0 Å². The second-order valence-electron chi connectivity index (χ2n) is 3.34. The molecule has 0 heterocycles. The second kappa shape index (κ2) is 6.68. The zero-order valence-electron chi connectivity index (χ0n) is 8.44. The largest absolute Gasteiger partial charge is 0.508 e. The molecule has 0 saturated carbocycles. The molecule has 0 aliphatic carbocycles. The first-order chi connectivity index (χ1) is 6.24. The van der Waals surface area contributed by atoms with E-state index >= 15 is 0 Å². The van der Waals surface area contributed by atoms with E-state index in [2.05, 4.69) is 6.92 Å². The lowest BCUT2D eigenvalue weighted by Crippen LogP contribution is -2.09. The van der Waals surface area contributed by atoms with Gasteiger partial charge in [0.25, 0.3) is 0 Å². The van der Waals surface area contributed by atoms with Gasteiger partial charge in [-0.15, -0.1) is 12.4 Å². The Hall–Kier alpha value is -0.730. The molecule has 1 atom stereocenters. The van der Waals surface area contributed by atoms with Crippen molar-refractivity contribution in [2.45, 2.75) is 32.2 Å². The van der Waals surface area contributed by atoms with Crippen molar-refractivity contribution >= 4 is 12.4 Å². The minimum Gasteiger partial charge on any atom is -0.508 e. The molecule has 0 radical (unpaired) electrons. The summed E-state index contributed by atoms with van der Waals surface area (Å²) in [6.45, 7) is 2.15. The van der Waals surface area contributed by atoms with Gasteiger partial charge in [0.2, 0.25) is 0 Å². The van der Waals surface area contributed by atoms with Gasteiger partial charge in [-0.25, -0.2) is 0 Å². The van der Waals surface area contributed by atoms with Gasteiger partial charge in [0.15, 0.2) is 0 Å². The maximum atomic E-state index is 9.23. The summed E-state index contributed by atoms with van der Waals surface area (Å²) < 4.78 is 0. The van der Waals surface area contributed by atoms with E-state index in [4.69, 9.17) is 5.73 Å². The molecule has 3 heteroatoms. The van der Waals surface area contributed by atoms with Crippen LogP contribution in [0.25, 0.3) is 0 Å². The van der Waals surface area contributed by atoms with Crippen LogP contribution in [0.15, 0.2) is 24.3 Å². The monoisotopic (exact) mass is 215 g/mol. The number of phenols is 1. The van der Waals surface area contributed by atoms with E-state index in [9.17, 15) is 5.11 Å². The fourth-order valence-corrected chi connectivity index (χ4v) is 1.35. The molecular formula is C11H18ClNO. The van der Waals surface area contributed by atoms with E-state index in [1.54, 1.807) is 12.1 Å². The van der Waals surface area contributed by atoms with Crippen LogP contribution in [0, 0.1) is 0 Å². The highest BCUT2D eigenvalue weighted by Gasteiger charge is 2.04. The van der Waals surface area contributed by atoms with Crippen molar-refractivity contribution in [3.05, 3.63) is 29.8 Å².